The first-order chi connectivity index (χ1) is 12.2. The summed E-state index contributed by atoms with van der Waals surface area (Å²) in [6.45, 7) is 0.506. The van der Waals surface area contributed by atoms with Crippen LogP contribution in [-0.4, -0.2) is 23.2 Å². The maximum atomic E-state index is 12.1. The van der Waals surface area contributed by atoms with Gasteiger partial charge in [-0.1, -0.05) is 5.16 Å². The van der Waals surface area contributed by atoms with Gasteiger partial charge in [0.1, 0.15) is 23.8 Å². The van der Waals surface area contributed by atoms with Gasteiger partial charge in [0.25, 0.3) is 5.91 Å². The summed E-state index contributed by atoms with van der Waals surface area (Å²) in [5, 5.41) is 6.69. The predicted octanol–water partition coefficient (Wildman–Crippen LogP) is 2.59. The minimum absolute atomic E-state index is 0.202. The molecule has 0 saturated heterocycles. The number of amides is 1. The SMILES string of the molecule is COc1ccc(C(=O)NCc2cc(COc3cccnc3)no2)cc1. The molecule has 1 N–H and O–H groups in total. The van der Waals surface area contributed by atoms with Crippen LogP contribution in [0.2, 0.25) is 0 Å². The molecule has 1 aromatic carbocycles. The number of carbonyl (C=O) groups excluding carboxylic acids is 1. The molecule has 0 bridgehead atoms. The van der Waals surface area contributed by atoms with E-state index in [0.717, 1.165) is 0 Å². The minimum atomic E-state index is -0.202. The zero-order valence-electron chi connectivity index (χ0n) is 13.6. The molecule has 0 fully saturated rings. The quantitative estimate of drug-likeness (QED) is 0.712. The fourth-order valence-corrected chi connectivity index (χ4v) is 2.11. The van der Waals surface area contributed by atoms with Crippen LogP contribution >= 0.6 is 0 Å². The highest BCUT2D eigenvalue weighted by molar-refractivity contribution is 5.94. The first-order valence-corrected chi connectivity index (χ1v) is 7.64. The molecule has 2 aromatic heterocycles. The van der Waals surface area contributed by atoms with Gasteiger partial charge < -0.3 is 19.3 Å². The zero-order chi connectivity index (χ0) is 17.5. The second kappa shape index (κ2) is 7.96. The summed E-state index contributed by atoms with van der Waals surface area (Å²) in [5.41, 5.74) is 1.18. The van der Waals surface area contributed by atoms with Gasteiger partial charge in [-0.05, 0) is 36.4 Å². The van der Waals surface area contributed by atoms with Crippen molar-refractivity contribution in [1.82, 2.24) is 15.5 Å². The van der Waals surface area contributed by atoms with E-state index in [4.69, 9.17) is 14.0 Å². The maximum absolute atomic E-state index is 12.1. The topological polar surface area (TPSA) is 86.5 Å². The molecular formula is C18H17N3O4. The summed E-state index contributed by atoms with van der Waals surface area (Å²) in [6.07, 6.45) is 3.29. The smallest absolute Gasteiger partial charge is 0.251 e. The van der Waals surface area contributed by atoms with E-state index in [1.165, 1.54) is 0 Å². The molecule has 0 saturated carbocycles. The third-order valence-electron chi connectivity index (χ3n) is 3.40. The molecule has 25 heavy (non-hydrogen) atoms. The van der Waals surface area contributed by atoms with Crippen LogP contribution in [0.25, 0.3) is 0 Å². The zero-order valence-corrected chi connectivity index (χ0v) is 13.6. The molecule has 2 heterocycles. The van der Waals surface area contributed by atoms with Gasteiger partial charge in [0.2, 0.25) is 0 Å². The van der Waals surface area contributed by atoms with Gasteiger partial charge in [0, 0.05) is 17.8 Å². The number of carbonyl (C=O) groups is 1. The van der Waals surface area contributed by atoms with Crippen molar-refractivity contribution in [2.24, 2.45) is 0 Å². The lowest BCUT2D eigenvalue weighted by Crippen LogP contribution is -2.22. The van der Waals surface area contributed by atoms with Crippen molar-refractivity contribution < 1.29 is 18.8 Å². The van der Waals surface area contributed by atoms with E-state index in [-0.39, 0.29) is 19.1 Å². The Labute approximate surface area is 144 Å². The number of nitrogens with one attached hydrogen (secondary N) is 1. The van der Waals surface area contributed by atoms with E-state index in [1.54, 1.807) is 55.9 Å². The number of aromatic nitrogens is 2. The van der Waals surface area contributed by atoms with E-state index in [9.17, 15) is 4.79 Å². The van der Waals surface area contributed by atoms with Gasteiger partial charge >= 0.3 is 0 Å². The molecule has 3 rings (SSSR count). The average molecular weight is 339 g/mol. The van der Waals surface area contributed by atoms with Crippen molar-refractivity contribution in [3.8, 4) is 11.5 Å². The lowest BCUT2D eigenvalue weighted by atomic mass is 10.2. The van der Waals surface area contributed by atoms with Crippen LogP contribution in [0.15, 0.2) is 59.4 Å². The summed E-state index contributed by atoms with van der Waals surface area (Å²) in [5.74, 6) is 1.70. The Kier molecular flexibility index (Phi) is 5.26. The van der Waals surface area contributed by atoms with Crippen molar-refractivity contribution in [1.29, 1.82) is 0 Å². The van der Waals surface area contributed by atoms with Crippen LogP contribution in [0.1, 0.15) is 21.8 Å². The molecule has 3 aromatic rings. The van der Waals surface area contributed by atoms with Crippen molar-refractivity contribution in [3.63, 3.8) is 0 Å². The first-order valence-electron chi connectivity index (χ1n) is 7.64. The number of methoxy groups -OCH3 is 1. The second-order valence-corrected chi connectivity index (χ2v) is 5.17. The van der Waals surface area contributed by atoms with Gasteiger partial charge in [-0.2, -0.15) is 0 Å². The summed E-state index contributed by atoms with van der Waals surface area (Å²) in [6, 6.07) is 12.2. The van der Waals surface area contributed by atoms with Crippen molar-refractivity contribution >= 4 is 5.91 Å². The Balaban J connectivity index is 1.50. The third kappa shape index (κ3) is 4.57. The Bertz CT molecular complexity index is 816. The lowest BCUT2D eigenvalue weighted by molar-refractivity contribution is 0.0947. The Morgan fingerprint density at radius 2 is 2.04 bits per heavy atom. The van der Waals surface area contributed by atoms with Gasteiger partial charge in [-0.3, -0.25) is 9.78 Å². The number of nitrogens with zero attached hydrogens (tertiary/aromatic N) is 2. The molecular weight excluding hydrogens is 322 g/mol. The molecule has 0 unspecified atom stereocenters. The molecule has 0 aliphatic rings. The predicted molar refractivity (Wildman–Crippen MR) is 89.2 cm³/mol. The highest BCUT2D eigenvalue weighted by Gasteiger charge is 2.09. The number of hydrogen-bond donors (Lipinski definition) is 1. The summed E-state index contributed by atoms with van der Waals surface area (Å²) in [7, 11) is 1.58. The molecule has 0 aliphatic carbocycles. The molecule has 7 heteroatoms. The van der Waals surface area contributed by atoms with E-state index in [1.807, 2.05) is 6.07 Å². The first kappa shape index (κ1) is 16.5. The number of benzene rings is 1. The van der Waals surface area contributed by atoms with Crippen LogP contribution in [-0.2, 0) is 13.2 Å². The van der Waals surface area contributed by atoms with E-state index >= 15 is 0 Å². The number of rotatable bonds is 7. The van der Waals surface area contributed by atoms with Crippen molar-refractivity contribution in [2.45, 2.75) is 13.2 Å². The highest BCUT2D eigenvalue weighted by atomic mass is 16.5. The molecule has 0 radical (unpaired) electrons. The summed E-state index contributed by atoms with van der Waals surface area (Å²) >= 11 is 0. The van der Waals surface area contributed by atoms with Crippen molar-refractivity contribution in [3.05, 3.63) is 71.9 Å². The molecule has 7 nitrogen and oxygen atoms in total. The summed E-state index contributed by atoms with van der Waals surface area (Å²) in [4.78, 5) is 16.1. The highest BCUT2D eigenvalue weighted by Crippen LogP contribution is 2.12. The van der Waals surface area contributed by atoms with Crippen LogP contribution in [0, 0.1) is 0 Å². The third-order valence-corrected chi connectivity index (χ3v) is 3.40. The van der Waals surface area contributed by atoms with Crippen LogP contribution in [0.4, 0.5) is 0 Å². The fraction of sp³-hybridized carbons (Fsp3) is 0.167. The van der Waals surface area contributed by atoms with E-state index in [2.05, 4.69) is 15.5 Å². The van der Waals surface area contributed by atoms with Gasteiger partial charge in [-0.15, -0.1) is 0 Å². The average Bonchev–Trinajstić information content (AvgIpc) is 3.13. The van der Waals surface area contributed by atoms with Crippen LogP contribution < -0.4 is 14.8 Å². The number of hydrogen-bond acceptors (Lipinski definition) is 6. The van der Waals surface area contributed by atoms with Gasteiger partial charge in [-0.25, -0.2) is 0 Å². The Morgan fingerprint density at radius 1 is 1.20 bits per heavy atom. The van der Waals surface area contributed by atoms with Gasteiger partial charge in [0.05, 0.1) is 19.9 Å². The second-order valence-electron chi connectivity index (χ2n) is 5.17. The van der Waals surface area contributed by atoms with Gasteiger partial charge in [0.15, 0.2) is 5.76 Å². The molecule has 1 amide bonds. The minimum Gasteiger partial charge on any atom is -0.497 e. The van der Waals surface area contributed by atoms with E-state index < -0.39 is 0 Å². The van der Waals surface area contributed by atoms with Crippen molar-refractivity contribution in [2.75, 3.05) is 7.11 Å². The van der Waals surface area contributed by atoms with Crippen LogP contribution in [0.3, 0.4) is 0 Å². The molecule has 0 aliphatic heterocycles. The Morgan fingerprint density at radius 3 is 2.76 bits per heavy atom. The summed E-state index contributed by atoms with van der Waals surface area (Å²) < 4.78 is 15.8. The Hall–Kier alpha value is -3.35. The lowest BCUT2D eigenvalue weighted by Gasteiger charge is -2.04. The normalized spacial score (nSPS) is 10.3. The number of ether oxygens (including phenoxy) is 2. The molecule has 128 valence electrons. The standard InChI is InChI=1S/C18H17N3O4/c1-23-15-6-4-13(5-7-15)18(22)20-11-17-9-14(21-25-17)12-24-16-3-2-8-19-10-16/h2-10H,11-12H2,1H3,(H,20,22). The fourth-order valence-electron chi connectivity index (χ4n) is 2.11. The molecule has 0 spiro atoms. The molecule has 0 atom stereocenters. The monoisotopic (exact) mass is 339 g/mol. The maximum Gasteiger partial charge on any atom is 0.251 e. The number of pyridine rings is 1. The largest absolute Gasteiger partial charge is 0.497 e. The van der Waals surface area contributed by atoms with E-state index in [0.29, 0.717) is 28.5 Å². The van der Waals surface area contributed by atoms with Crippen LogP contribution in [0.5, 0.6) is 11.5 Å².